The second-order valence-electron chi connectivity index (χ2n) is 4.20. The average Bonchev–Trinajstić information content (AvgIpc) is 2.46. The van der Waals surface area contributed by atoms with Gasteiger partial charge in [-0.25, -0.2) is 22.0 Å². The zero-order valence-corrected chi connectivity index (χ0v) is 12.7. The molecule has 1 heterocycles. The Labute approximate surface area is 123 Å². The molecule has 0 bridgehead atoms. The summed E-state index contributed by atoms with van der Waals surface area (Å²) in [7, 11) is -6.19. The van der Waals surface area contributed by atoms with E-state index in [1.54, 1.807) is 0 Å². The molecule has 1 aromatic heterocycles. The SMILES string of the molecule is CN(c1ccc(S(N)(=O)=O)cc1)S(=O)(=O)c1cccnc1. The molecular formula is C12H13N3O4S2. The quantitative estimate of drug-likeness (QED) is 0.882. The van der Waals surface area contributed by atoms with Crippen LogP contribution in [0.3, 0.4) is 0 Å². The molecular weight excluding hydrogens is 314 g/mol. The van der Waals surface area contributed by atoms with Crippen LogP contribution in [-0.2, 0) is 20.0 Å². The monoisotopic (exact) mass is 327 g/mol. The van der Waals surface area contributed by atoms with Crippen molar-refractivity contribution in [2.45, 2.75) is 9.79 Å². The average molecular weight is 327 g/mol. The fourth-order valence-electron chi connectivity index (χ4n) is 1.64. The summed E-state index contributed by atoms with van der Waals surface area (Å²) in [5.74, 6) is 0. The molecule has 0 spiro atoms. The first-order valence-corrected chi connectivity index (χ1v) is 8.73. The second kappa shape index (κ2) is 5.43. The van der Waals surface area contributed by atoms with Crippen molar-refractivity contribution in [1.82, 2.24) is 4.98 Å². The third-order valence-electron chi connectivity index (χ3n) is 2.82. The van der Waals surface area contributed by atoms with Crippen molar-refractivity contribution < 1.29 is 16.8 Å². The fourth-order valence-corrected chi connectivity index (χ4v) is 3.32. The van der Waals surface area contributed by atoms with Crippen LogP contribution in [-0.4, -0.2) is 28.9 Å². The number of rotatable bonds is 4. The first-order chi connectivity index (χ1) is 9.73. The van der Waals surface area contributed by atoms with Crippen LogP contribution < -0.4 is 9.44 Å². The predicted molar refractivity (Wildman–Crippen MR) is 77.6 cm³/mol. The molecule has 9 heteroatoms. The topological polar surface area (TPSA) is 110 Å². The first-order valence-electron chi connectivity index (χ1n) is 5.75. The fraction of sp³-hybridized carbons (Fsp3) is 0.0833. The smallest absolute Gasteiger partial charge is 0.265 e. The predicted octanol–water partition coefficient (Wildman–Crippen LogP) is 0.554. The van der Waals surface area contributed by atoms with Gasteiger partial charge in [-0.1, -0.05) is 0 Å². The minimum absolute atomic E-state index is 0.0445. The van der Waals surface area contributed by atoms with Crippen molar-refractivity contribution in [2.75, 3.05) is 11.4 Å². The van der Waals surface area contributed by atoms with Gasteiger partial charge in [-0.3, -0.25) is 9.29 Å². The lowest BCUT2D eigenvalue weighted by molar-refractivity contribution is 0.593. The summed E-state index contributed by atoms with van der Waals surface area (Å²) >= 11 is 0. The van der Waals surface area contributed by atoms with Crippen LogP contribution in [0.1, 0.15) is 0 Å². The van der Waals surface area contributed by atoms with Crippen LogP contribution in [0, 0.1) is 0 Å². The normalized spacial score (nSPS) is 12.1. The Hall–Kier alpha value is -1.97. The number of sulfonamides is 2. The summed E-state index contributed by atoms with van der Waals surface area (Å²) in [5, 5.41) is 4.99. The molecule has 0 fully saturated rings. The largest absolute Gasteiger partial charge is 0.269 e. The lowest BCUT2D eigenvalue weighted by Crippen LogP contribution is -2.26. The van der Waals surface area contributed by atoms with E-state index in [9.17, 15) is 16.8 Å². The molecule has 0 unspecified atom stereocenters. The molecule has 0 aliphatic heterocycles. The molecule has 0 saturated carbocycles. The van der Waals surface area contributed by atoms with Gasteiger partial charge in [-0.2, -0.15) is 0 Å². The number of hydrogen-bond donors (Lipinski definition) is 1. The molecule has 0 aliphatic rings. The van der Waals surface area contributed by atoms with Crippen LogP contribution in [0.25, 0.3) is 0 Å². The maximum atomic E-state index is 12.4. The standard InChI is InChI=1S/C12H13N3O4S2/c1-15(21(18,19)12-3-2-8-14-9-12)10-4-6-11(7-5-10)20(13,16)17/h2-9H,1H3,(H2,13,16,17). The van der Waals surface area contributed by atoms with Gasteiger partial charge in [-0.05, 0) is 36.4 Å². The van der Waals surface area contributed by atoms with Gasteiger partial charge in [0.05, 0.1) is 10.6 Å². The van der Waals surface area contributed by atoms with E-state index in [-0.39, 0.29) is 9.79 Å². The summed E-state index contributed by atoms with van der Waals surface area (Å²) in [6.07, 6.45) is 2.71. The number of anilines is 1. The molecule has 0 radical (unpaired) electrons. The number of pyridine rings is 1. The number of nitrogens with zero attached hydrogens (tertiary/aromatic N) is 2. The van der Waals surface area contributed by atoms with Gasteiger partial charge in [0.1, 0.15) is 4.90 Å². The summed E-state index contributed by atoms with van der Waals surface area (Å²) in [5.41, 5.74) is 0.311. The Morgan fingerprint density at radius 1 is 1.00 bits per heavy atom. The van der Waals surface area contributed by atoms with Crippen LogP contribution >= 0.6 is 0 Å². The highest BCUT2D eigenvalue weighted by molar-refractivity contribution is 7.92. The molecule has 0 amide bonds. The maximum Gasteiger partial charge on any atom is 0.265 e. The molecule has 0 atom stereocenters. The van der Waals surface area contributed by atoms with Crippen molar-refractivity contribution in [3.05, 3.63) is 48.8 Å². The van der Waals surface area contributed by atoms with Gasteiger partial charge in [0, 0.05) is 19.4 Å². The van der Waals surface area contributed by atoms with E-state index in [0.717, 1.165) is 4.31 Å². The van der Waals surface area contributed by atoms with Crippen molar-refractivity contribution in [1.29, 1.82) is 0 Å². The third kappa shape index (κ3) is 3.20. The van der Waals surface area contributed by atoms with Crippen molar-refractivity contribution in [3.63, 3.8) is 0 Å². The van der Waals surface area contributed by atoms with Gasteiger partial charge in [0.2, 0.25) is 10.0 Å². The molecule has 1 aromatic carbocycles. The molecule has 0 aliphatic carbocycles. The molecule has 7 nitrogen and oxygen atoms in total. The number of benzene rings is 1. The lowest BCUT2D eigenvalue weighted by atomic mass is 10.3. The van der Waals surface area contributed by atoms with Gasteiger partial charge >= 0.3 is 0 Å². The molecule has 0 saturated heterocycles. The molecule has 2 rings (SSSR count). The number of nitrogens with two attached hydrogens (primary N) is 1. The summed E-state index contributed by atoms with van der Waals surface area (Å²) in [6.45, 7) is 0. The third-order valence-corrected chi connectivity index (χ3v) is 5.52. The Balaban J connectivity index is 2.39. The van der Waals surface area contributed by atoms with Crippen molar-refractivity contribution in [2.24, 2.45) is 5.14 Å². The zero-order chi connectivity index (χ0) is 15.7. The van der Waals surface area contributed by atoms with E-state index in [2.05, 4.69) is 4.98 Å². The van der Waals surface area contributed by atoms with Crippen LogP contribution in [0.2, 0.25) is 0 Å². The van der Waals surface area contributed by atoms with Crippen LogP contribution in [0.5, 0.6) is 0 Å². The highest BCUT2D eigenvalue weighted by Crippen LogP contribution is 2.22. The van der Waals surface area contributed by atoms with E-state index in [0.29, 0.717) is 5.69 Å². The Morgan fingerprint density at radius 2 is 1.62 bits per heavy atom. The summed E-state index contributed by atoms with van der Waals surface area (Å²) in [4.78, 5) is 3.73. The molecule has 112 valence electrons. The van der Waals surface area contributed by atoms with Gasteiger partial charge in [0.25, 0.3) is 10.0 Å². The van der Waals surface area contributed by atoms with Crippen LogP contribution in [0.4, 0.5) is 5.69 Å². The van der Waals surface area contributed by atoms with Crippen molar-refractivity contribution in [3.8, 4) is 0 Å². The van der Waals surface area contributed by atoms with Gasteiger partial charge in [0.15, 0.2) is 0 Å². The zero-order valence-electron chi connectivity index (χ0n) is 11.0. The van der Waals surface area contributed by atoms with E-state index < -0.39 is 20.0 Å². The number of hydrogen-bond acceptors (Lipinski definition) is 5. The molecule has 2 N–H and O–H groups in total. The van der Waals surface area contributed by atoms with Crippen LogP contribution in [0.15, 0.2) is 58.6 Å². The van der Waals surface area contributed by atoms with Gasteiger partial charge in [-0.15, -0.1) is 0 Å². The summed E-state index contributed by atoms with van der Waals surface area (Å²) < 4.78 is 48.1. The Morgan fingerprint density at radius 3 is 2.10 bits per heavy atom. The minimum Gasteiger partial charge on any atom is -0.269 e. The number of aromatic nitrogens is 1. The van der Waals surface area contributed by atoms with E-state index in [1.165, 1.54) is 55.8 Å². The lowest BCUT2D eigenvalue weighted by Gasteiger charge is -2.19. The van der Waals surface area contributed by atoms with E-state index in [1.807, 2.05) is 0 Å². The minimum atomic E-state index is -3.81. The van der Waals surface area contributed by atoms with E-state index >= 15 is 0 Å². The molecule has 21 heavy (non-hydrogen) atoms. The highest BCUT2D eigenvalue weighted by atomic mass is 32.2. The first kappa shape index (κ1) is 15.4. The Kier molecular flexibility index (Phi) is 3.99. The van der Waals surface area contributed by atoms with Gasteiger partial charge < -0.3 is 0 Å². The summed E-state index contributed by atoms with van der Waals surface area (Å²) in [6, 6.07) is 8.18. The Bertz CT molecular complexity index is 832. The highest BCUT2D eigenvalue weighted by Gasteiger charge is 2.21. The van der Waals surface area contributed by atoms with Crippen molar-refractivity contribution >= 4 is 25.7 Å². The maximum absolute atomic E-state index is 12.4. The molecule has 2 aromatic rings. The second-order valence-corrected chi connectivity index (χ2v) is 7.73. The van der Waals surface area contributed by atoms with E-state index in [4.69, 9.17) is 5.14 Å². The number of primary sulfonamides is 1.